The van der Waals surface area contributed by atoms with Crippen LogP contribution < -0.4 is 16.1 Å². The van der Waals surface area contributed by atoms with E-state index in [1.807, 2.05) is 4.98 Å². The van der Waals surface area contributed by atoms with Crippen molar-refractivity contribution in [1.29, 1.82) is 0 Å². The van der Waals surface area contributed by atoms with Crippen LogP contribution in [0, 0.1) is 12.3 Å². The summed E-state index contributed by atoms with van der Waals surface area (Å²) in [5.41, 5.74) is -1.63. The summed E-state index contributed by atoms with van der Waals surface area (Å²) in [5.74, 6) is -5.69. The lowest BCUT2D eigenvalue weighted by Gasteiger charge is -2.19. The average molecular weight is 416 g/mol. The first-order valence-corrected chi connectivity index (χ1v) is 8.12. The van der Waals surface area contributed by atoms with Gasteiger partial charge < -0.3 is 9.88 Å². The highest BCUT2D eigenvalue weighted by molar-refractivity contribution is 5.74. The van der Waals surface area contributed by atoms with Gasteiger partial charge in [-0.3, -0.25) is 9.78 Å². The van der Waals surface area contributed by atoms with E-state index in [2.05, 4.69) is 20.2 Å². The SMILES string of the molecule is O=c1[nH]cc(-c2cc(N3CC([CH]C(F)(F)F)C(F)(F)C3)c3ncnn3n2)c(=O)[nH]1. The number of halogens is 5. The number of nitrogens with one attached hydrogen (secondary N) is 2. The molecule has 14 heteroatoms. The molecule has 3 aromatic heterocycles. The number of rotatable bonds is 3. The zero-order chi connectivity index (χ0) is 21.0. The highest BCUT2D eigenvalue weighted by Gasteiger charge is 2.52. The van der Waals surface area contributed by atoms with Crippen LogP contribution in [0.2, 0.25) is 0 Å². The van der Waals surface area contributed by atoms with E-state index < -0.39 is 42.4 Å². The third kappa shape index (κ3) is 3.56. The monoisotopic (exact) mass is 416 g/mol. The van der Waals surface area contributed by atoms with Gasteiger partial charge in [-0.15, -0.1) is 14.8 Å². The van der Waals surface area contributed by atoms with E-state index >= 15 is 0 Å². The van der Waals surface area contributed by atoms with Gasteiger partial charge in [0, 0.05) is 12.7 Å². The van der Waals surface area contributed by atoms with E-state index in [1.54, 1.807) is 0 Å². The minimum absolute atomic E-state index is 0.0239. The molecule has 9 nitrogen and oxygen atoms in total. The van der Waals surface area contributed by atoms with E-state index in [9.17, 15) is 31.5 Å². The molecule has 1 aliphatic rings. The Labute approximate surface area is 157 Å². The third-order valence-corrected chi connectivity index (χ3v) is 4.42. The van der Waals surface area contributed by atoms with Gasteiger partial charge in [0.1, 0.15) is 12.0 Å². The fraction of sp³-hybridized carbons (Fsp3) is 0.333. The predicted octanol–water partition coefficient (Wildman–Crippen LogP) is 1.01. The molecule has 4 heterocycles. The molecule has 0 bridgehead atoms. The summed E-state index contributed by atoms with van der Waals surface area (Å²) >= 11 is 0. The molecular weight excluding hydrogens is 405 g/mol. The Morgan fingerprint density at radius 1 is 1.28 bits per heavy atom. The highest BCUT2D eigenvalue weighted by Crippen LogP contribution is 2.41. The van der Waals surface area contributed by atoms with Gasteiger partial charge in [0.15, 0.2) is 5.65 Å². The van der Waals surface area contributed by atoms with Crippen molar-refractivity contribution in [3.8, 4) is 11.3 Å². The minimum atomic E-state index is -4.86. The first kappa shape index (κ1) is 19.0. The topological polar surface area (TPSA) is 112 Å². The lowest BCUT2D eigenvalue weighted by molar-refractivity contribution is -0.120. The molecule has 3 aromatic rings. The summed E-state index contributed by atoms with van der Waals surface area (Å²) < 4.78 is 67.3. The predicted molar refractivity (Wildman–Crippen MR) is 88.5 cm³/mol. The molecule has 0 amide bonds. The maximum atomic E-state index is 14.2. The van der Waals surface area contributed by atoms with Crippen LogP contribution in [-0.2, 0) is 0 Å². The molecule has 0 aliphatic carbocycles. The number of H-pyrrole nitrogens is 2. The van der Waals surface area contributed by atoms with Crippen molar-refractivity contribution in [2.45, 2.75) is 12.1 Å². The van der Waals surface area contributed by atoms with E-state index in [-0.39, 0.29) is 29.0 Å². The van der Waals surface area contributed by atoms with Crippen molar-refractivity contribution in [3.63, 3.8) is 0 Å². The smallest absolute Gasteiger partial charge is 0.362 e. The van der Waals surface area contributed by atoms with Gasteiger partial charge in [0.05, 0.1) is 30.1 Å². The molecule has 0 saturated carbocycles. The quantitative estimate of drug-likeness (QED) is 0.617. The van der Waals surface area contributed by atoms with Crippen molar-refractivity contribution in [3.05, 3.63) is 45.8 Å². The van der Waals surface area contributed by atoms with Gasteiger partial charge in [-0.25, -0.2) is 18.6 Å². The summed E-state index contributed by atoms with van der Waals surface area (Å²) in [6.07, 6.45) is -3.03. The Balaban J connectivity index is 1.79. The molecule has 1 radical (unpaired) electrons. The Morgan fingerprint density at radius 3 is 2.72 bits per heavy atom. The molecule has 153 valence electrons. The maximum absolute atomic E-state index is 14.2. The first-order chi connectivity index (χ1) is 13.5. The third-order valence-electron chi connectivity index (χ3n) is 4.42. The number of anilines is 1. The Kier molecular flexibility index (Phi) is 4.16. The fourth-order valence-corrected chi connectivity index (χ4v) is 3.16. The first-order valence-electron chi connectivity index (χ1n) is 8.12. The molecule has 1 saturated heterocycles. The van der Waals surface area contributed by atoms with Gasteiger partial charge in [-0.2, -0.15) is 13.2 Å². The van der Waals surface area contributed by atoms with Crippen molar-refractivity contribution < 1.29 is 22.0 Å². The van der Waals surface area contributed by atoms with Crippen LogP contribution in [-0.4, -0.2) is 55.0 Å². The van der Waals surface area contributed by atoms with Crippen molar-refractivity contribution in [2.75, 3.05) is 18.0 Å². The lowest BCUT2D eigenvalue weighted by Crippen LogP contribution is -2.31. The molecule has 1 aliphatic heterocycles. The van der Waals surface area contributed by atoms with Gasteiger partial charge in [0.2, 0.25) is 0 Å². The number of fused-ring (bicyclic) bond motifs is 1. The van der Waals surface area contributed by atoms with Gasteiger partial charge in [0.25, 0.3) is 11.5 Å². The van der Waals surface area contributed by atoms with Crippen LogP contribution in [0.15, 0.2) is 28.2 Å². The standard InChI is InChI=1S/C15H11F5N7O2/c16-14(17)5-26(4-7(14)2-15(18,19)20)10-1-9(25-27-11(10)22-6-23-27)8-3-21-13(29)24-12(8)28/h1-3,6-7H,4-5H2,(H2,21,24,28,29). The van der Waals surface area contributed by atoms with Crippen LogP contribution in [0.1, 0.15) is 0 Å². The zero-order valence-electron chi connectivity index (χ0n) is 14.2. The second-order valence-electron chi connectivity index (χ2n) is 6.43. The Hall–Kier alpha value is -3.32. The van der Waals surface area contributed by atoms with Crippen molar-refractivity contribution in [1.82, 2.24) is 29.8 Å². The summed E-state index contributed by atoms with van der Waals surface area (Å²) in [7, 11) is 0. The number of aromatic nitrogens is 6. The molecule has 4 rings (SSSR count). The molecule has 1 fully saturated rings. The molecule has 29 heavy (non-hydrogen) atoms. The minimum Gasteiger partial charge on any atom is -0.362 e. The Bertz CT molecular complexity index is 1180. The maximum Gasteiger partial charge on any atom is 0.392 e. The number of nitrogens with zero attached hydrogens (tertiary/aromatic N) is 5. The average Bonchev–Trinajstić information content (AvgIpc) is 3.17. The van der Waals surface area contributed by atoms with E-state index in [0.717, 1.165) is 22.1 Å². The van der Waals surface area contributed by atoms with Crippen molar-refractivity contribution in [2.24, 2.45) is 5.92 Å². The largest absolute Gasteiger partial charge is 0.392 e. The summed E-state index contributed by atoms with van der Waals surface area (Å²) in [6, 6.07) is 1.24. The fourth-order valence-electron chi connectivity index (χ4n) is 3.16. The highest BCUT2D eigenvalue weighted by atomic mass is 19.4. The number of hydrogen-bond acceptors (Lipinski definition) is 6. The molecule has 0 spiro atoms. The van der Waals surface area contributed by atoms with E-state index in [1.165, 1.54) is 6.07 Å². The molecule has 1 atom stereocenters. The van der Waals surface area contributed by atoms with Crippen LogP contribution >= 0.6 is 0 Å². The summed E-state index contributed by atoms with van der Waals surface area (Å²) in [5, 5.41) is 7.85. The molecule has 0 aromatic carbocycles. The van der Waals surface area contributed by atoms with Crippen molar-refractivity contribution >= 4 is 11.3 Å². The number of hydrogen-bond donors (Lipinski definition) is 2. The second-order valence-corrected chi connectivity index (χ2v) is 6.43. The molecule has 2 N–H and O–H groups in total. The van der Waals surface area contributed by atoms with Crippen LogP contribution in [0.5, 0.6) is 0 Å². The summed E-state index contributed by atoms with van der Waals surface area (Å²) in [6.45, 7) is -1.61. The summed E-state index contributed by atoms with van der Waals surface area (Å²) in [4.78, 5) is 32.4. The van der Waals surface area contributed by atoms with Crippen LogP contribution in [0.3, 0.4) is 0 Å². The van der Waals surface area contributed by atoms with E-state index in [0.29, 0.717) is 0 Å². The molecular formula is C15H11F5N7O2. The lowest BCUT2D eigenvalue weighted by atomic mass is 10.0. The Morgan fingerprint density at radius 2 is 2.03 bits per heavy atom. The van der Waals surface area contributed by atoms with Gasteiger partial charge in [-0.1, -0.05) is 0 Å². The van der Waals surface area contributed by atoms with Crippen LogP contribution in [0.4, 0.5) is 27.6 Å². The number of aromatic amines is 2. The van der Waals surface area contributed by atoms with E-state index in [4.69, 9.17) is 0 Å². The van der Waals surface area contributed by atoms with Gasteiger partial charge >= 0.3 is 11.9 Å². The molecule has 1 unspecified atom stereocenters. The zero-order valence-corrected chi connectivity index (χ0v) is 14.2. The van der Waals surface area contributed by atoms with Crippen LogP contribution in [0.25, 0.3) is 16.9 Å². The van der Waals surface area contributed by atoms with Gasteiger partial charge in [-0.05, 0) is 6.07 Å². The number of alkyl halides is 5. The normalized spacial score (nSPS) is 19.2. The second kappa shape index (κ2) is 6.35.